The Bertz CT molecular complexity index is 1080. The molecule has 1 aromatic carbocycles. The minimum atomic E-state index is -1.29. The average Bonchev–Trinajstić information content (AvgIpc) is 2.94. The van der Waals surface area contributed by atoms with Crippen molar-refractivity contribution in [3.8, 4) is 5.75 Å². The van der Waals surface area contributed by atoms with E-state index in [4.69, 9.17) is 28.4 Å². The Morgan fingerprint density at radius 3 is 2.40 bits per heavy atom. The van der Waals surface area contributed by atoms with Crippen LogP contribution in [-0.2, 0) is 42.8 Å². The number of allylic oxidation sites excluding steroid dienone is 1. The third-order valence-electron chi connectivity index (χ3n) is 5.81. The molecule has 0 fully saturated rings. The molecule has 1 aliphatic heterocycles. The third-order valence-corrected chi connectivity index (χ3v) is 5.81. The number of rotatable bonds is 15. The third kappa shape index (κ3) is 9.98. The summed E-state index contributed by atoms with van der Waals surface area (Å²) in [6.45, 7) is 1.85. The first kappa shape index (κ1) is 32.3. The van der Waals surface area contributed by atoms with Crippen LogP contribution in [0.3, 0.4) is 0 Å². The van der Waals surface area contributed by atoms with Gasteiger partial charge >= 0.3 is 17.9 Å². The Morgan fingerprint density at radius 1 is 1.00 bits per heavy atom. The summed E-state index contributed by atoms with van der Waals surface area (Å²) < 4.78 is 30.6. The van der Waals surface area contributed by atoms with Crippen molar-refractivity contribution in [1.82, 2.24) is 4.90 Å². The van der Waals surface area contributed by atoms with Crippen molar-refractivity contribution < 1.29 is 57.8 Å². The topological polar surface area (TPSA) is 167 Å². The highest BCUT2D eigenvalue weighted by atomic mass is 16.6. The first-order chi connectivity index (χ1) is 19.2. The van der Waals surface area contributed by atoms with E-state index in [0.717, 1.165) is 6.26 Å². The van der Waals surface area contributed by atoms with Gasteiger partial charge in [-0.25, -0.2) is 9.59 Å². The van der Waals surface area contributed by atoms with Crippen molar-refractivity contribution in [3.05, 3.63) is 53.3 Å². The number of carbonyl (C=O) groups is 4. The molecule has 2 unspecified atom stereocenters. The molecule has 0 aromatic heterocycles. The zero-order valence-corrected chi connectivity index (χ0v) is 22.7. The van der Waals surface area contributed by atoms with E-state index in [1.165, 1.54) is 31.2 Å². The molecule has 0 aliphatic carbocycles. The van der Waals surface area contributed by atoms with Crippen molar-refractivity contribution >= 4 is 23.8 Å². The summed E-state index contributed by atoms with van der Waals surface area (Å²) in [6.07, 6.45) is 1.11. The van der Waals surface area contributed by atoms with Gasteiger partial charge in [-0.2, -0.15) is 0 Å². The standard InChI is InChI=1S/C27H35NO12/c1-4-18-20(21(25(32)35-3)16-40-26(18)33)15-24(31)38-10-9-28(2)23(30)17-37-12-11-36-13-14-39-27(34)19-7-5-6-8-22(19)29/h4-8,16,20,26,29,33H,9-15,17H2,1-3H3/b18-4-. The van der Waals surface area contributed by atoms with Crippen LogP contribution < -0.4 is 0 Å². The average molecular weight is 566 g/mol. The van der Waals surface area contributed by atoms with Crippen LogP contribution in [0.1, 0.15) is 23.7 Å². The molecule has 1 heterocycles. The van der Waals surface area contributed by atoms with Crippen molar-refractivity contribution in [3.63, 3.8) is 0 Å². The van der Waals surface area contributed by atoms with Crippen LogP contribution in [0.15, 0.2) is 47.7 Å². The highest BCUT2D eigenvalue weighted by Crippen LogP contribution is 2.32. The molecule has 0 radical (unpaired) electrons. The Labute approximate surface area is 231 Å². The smallest absolute Gasteiger partial charge is 0.341 e. The summed E-state index contributed by atoms with van der Waals surface area (Å²) in [5.74, 6) is -3.26. The molecule has 13 heteroatoms. The van der Waals surface area contributed by atoms with Crippen LogP contribution in [0.5, 0.6) is 5.75 Å². The van der Waals surface area contributed by atoms with Crippen molar-refractivity contribution in [2.75, 3.05) is 60.3 Å². The Balaban J connectivity index is 1.59. The second-order valence-electron chi connectivity index (χ2n) is 8.45. The molecule has 0 bridgehead atoms. The van der Waals surface area contributed by atoms with Gasteiger partial charge in [-0.15, -0.1) is 0 Å². The van der Waals surface area contributed by atoms with Gasteiger partial charge in [0.15, 0.2) is 0 Å². The van der Waals surface area contributed by atoms with Gasteiger partial charge in [0, 0.05) is 18.5 Å². The van der Waals surface area contributed by atoms with E-state index in [2.05, 4.69) is 0 Å². The molecule has 40 heavy (non-hydrogen) atoms. The Morgan fingerprint density at radius 2 is 1.70 bits per heavy atom. The number of benzene rings is 1. The summed E-state index contributed by atoms with van der Waals surface area (Å²) >= 11 is 0. The summed E-state index contributed by atoms with van der Waals surface area (Å²) in [4.78, 5) is 49.8. The molecule has 0 saturated heterocycles. The quantitative estimate of drug-likeness (QED) is 0.134. The summed E-state index contributed by atoms with van der Waals surface area (Å²) in [5.41, 5.74) is 0.483. The monoisotopic (exact) mass is 565 g/mol. The van der Waals surface area contributed by atoms with E-state index in [0.29, 0.717) is 5.57 Å². The molecule has 2 rings (SSSR count). The Hall–Kier alpha value is -3.94. The fraction of sp³-hybridized carbons (Fsp3) is 0.481. The number of aliphatic hydroxyl groups excluding tert-OH is 1. The molecule has 0 saturated carbocycles. The van der Waals surface area contributed by atoms with Gasteiger partial charge in [-0.3, -0.25) is 9.59 Å². The van der Waals surface area contributed by atoms with Crippen LogP contribution in [0.2, 0.25) is 0 Å². The Kier molecular flexibility index (Phi) is 13.6. The lowest BCUT2D eigenvalue weighted by Gasteiger charge is -2.28. The SMILES string of the molecule is C/C=C1\C(O)OC=C(C(=O)OC)C1CC(=O)OCCN(C)C(=O)COCCOCCOC(=O)c1ccccc1O. The molecule has 220 valence electrons. The van der Waals surface area contributed by atoms with Crippen LogP contribution in [0.4, 0.5) is 0 Å². The number of hydrogen-bond donors (Lipinski definition) is 2. The molecule has 13 nitrogen and oxygen atoms in total. The van der Waals surface area contributed by atoms with Crippen LogP contribution in [0, 0.1) is 5.92 Å². The lowest BCUT2D eigenvalue weighted by Crippen LogP contribution is -2.34. The molecule has 1 aromatic rings. The molecular formula is C27H35NO12. The van der Waals surface area contributed by atoms with E-state index in [9.17, 15) is 29.4 Å². The summed E-state index contributed by atoms with van der Waals surface area (Å²) in [7, 11) is 2.72. The first-order valence-electron chi connectivity index (χ1n) is 12.5. The van der Waals surface area contributed by atoms with Gasteiger partial charge in [-0.05, 0) is 19.1 Å². The molecular weight excluding hydrogens is 530 g/mol. The fourth-order valence-electron chi connectivity index (χ4n) is 3.58. The number of ether oxygens (including phenoxy) is 6. The highest BCUT2D eigenvalue weighted by Gasteiger charge is 2.35. The number of methoxy groups -OCH3 is 1. The maximum atomic E-state index is 12.4. The van der Waals surface area contributed by atoms with Crippen LogP contribution >= 0.6 is 0 Å². The number of aromatic hydroxyl groups is 1. The number of phenolic OH excluding ortho intramolecular Hbond substituents is 1. The predicted molar refractivity (Wildman–Crippen MR) is 138 cm³/mol. The number of phenols is 1. The van der Waals surface area contributed by atoms with E-state index < -0.39 is 30.1 Å². The van der Waals surface area contributed by atoms with Gasteiger partial charge in [0.2, 0.25) is 12.2 Å². The van der Waals surface area contributed by atoms with Crippen LogP contribution in [-0.4, -0.2) is 106 Å². The number of aliphatic hydroxyl groups is 1. The van der Waals surface area contributed by atoms with Crippen LogP contribution in [0.25, 0.3) is 0 Å². The van der Waals surface area contributed by atoms with Gasteiger partial charge < -0.3 is 43.5 Å². The van der Waals surface area contributed by atoms with E-state index in [-0.39, 0.29) is 75.4 Å². The van der Waals surface area contributed by atoms with Crippen molar-refractivity contribution in [1.29, 1.82) is 0 Å². The van der Waals surface area contributed by atoms with Gasteiger partial charge in [0.05, 0.1) is 51.7 Å². The molecule has 1 amide bonds. The number of nitrogens with zero attached hydrogens (tertiary/aromatic N) is 1. The molecule has 1 aliphatic rings. The largest absolute Gasteiger partial charge is 0.507 e. The number of carbonyl (C=O) groups excluding carboxylic acids is 4. The molecule has 2 N–H and O–H groups in total. The van der Waals surface area contributed by atoms with E-state index in [1.807, 2.05) is 0 Å². The zero-order valence-electron chi connectivity index (χ0n) is 22.7. The summed E-state index contributed by atoms with van der Waals surface area (Å²) in [5, 5.41) is 19.6. The number of likely N-dealkylation sites (N-methyl/N-ethyl adjacent to an activating group) is 1. The van der Waals surface area contributed by atoms with E-state index in [1.54, 1.807) is 25.1 Å². The van der Waals surface area contributed by atoms with Crippen molar-refractivity contribution in [2.45, 2.75) is 19.6 Å². The van der Waals surface area contributed by atoms with Gasteiger partial charge in [0.25, 0.3) is 0 Å². The number of para-hydroxylation sites is 1. The maximum Gasteiger partial charge on any atom is 0.341 e. The minimum absolute atomic E-state index is 0.0149. The second kappa shape index (κ2) is 16.9. The number of amides is 1. The summed E-state index contributed by atoms with van der Waals surface area (Å²) in [6, 6.07) is 6.04. The minimum Gasteiger partial charge on any atom is -0.507 e. The zero-order chi connectivity index (χ0) is 29.5. The van der Waals surface area contributed by atoms with Crippen molar-refractivity contribution in [2.24, 2.45) is 5.92 Å². The lowest BCUT2D eigenvalue weighted by atomic mass is 9.86. The lowest BCUT2D eigenvalue weighted by molar-refractivity contribution is -0.147. The predicted octanol–water partition coefficient (Wildman–Crippen LogP) is 0.942. The first-order valence-corrected chi connectivity index (χ1v) is 12.5. The van der Waals surface area contributed by atoms with E-state index >= 15 is 0 Å². The van der Waals surface area contributed by atoms with Gasteiger partial charge in [0.1, 0.15) is 31.1 Å². The normalized spacial score (nSPS) is 17.4. The highest BCUT2D eigenvalue weighted by molar-refractivity contribution is 5.92. The molecule has 2 atom stereocenters. The molecule has 0 spiro atoms. The number of esters is 3. The maximum absolute atomic E-state index is 12.4. The van der Waals surface area contributed by atoms with Gasteiger partial charge in [-0.1, -0.05) is 18.2 Å². The second-order valence-corrected chi connectivity index (χ2v) is 8.45. The fourth-order valence-corrected chi connectivity index (χ4v) is 3.58. The number of hydrogen-bond acceptors (Lipinski definition) is 12.